The van der Waals surface area contributed by atoms with Gasteiger partial charge in [-0.25, -0.2) is 4.39 Å². The Labute approximate surface area is 123 Å². The molecule has 0 bridgehead atoms. The summed E-state index contributed by atoms with van der Waals surface area (Å²) in [5.41, 5.74) is 0.726. The predicted octanol–water partition coefficient (Wildman–Crippen LogP) is 2.00. The number of ether oxygens (including phenoxy) is 1. The third kappa shape index (κ3) is 6.35. The van der Waals surface area contributed by atoms with Crippen LogP contribution < -0.4 is 10.6 Å². The van der Waals surface area contributed by atoms with E-state index >= 15 is 0 Å². The second kappa shape index (κ2) is 8.36. The van der Waals surface area contributed by atoms with E-state index in [0.29, 0.717) is 25.1 Å². The summed E-state index contributed by atoms with van der Waals surface area (Å²) in [6, 6.07) is 4.25. The highest BCUT2D eigenvalue weighted by atomic mass is 19.1. The first-order valence-electron chi connectivity index (χ1n) is 6.87. The molecular formula is C15H21FN2O3. The number of hydrogen-bond acceptors (Lipinski definition) is 3. The minimum absolute atomic E-state index is 0.139. The molecule has 0 spiro atoms. The number of hydrogen-bond donors (Lipinski definition) is 2. The zero-order valence-electron chi connectivity index (χ0n) is 12.5. The van der Waals surface area contributed by atoms with E-state index in [0.717, 1.165) is 0 Å². The van der Waals surface area contributed by atoms with Gasteiger partial charge in [0.25, 0.3) is 0 Å². The molecule has 0 fully saturated rings. The third-order valence-electron chi connectivity index (χ3n) is 2.69. The minimum Gasteiger partial charge on any atom is -0.379 e. The second-order valence-electron chi connectivity index (χ2n) is 4.95. The molecule has 0 unspecified atom stereocenters. The van der Waals surface area contributed by atoms with Crippen LogP contribution in [-0.4, -0.2) is 31.1 Å². The fourth-order valence-corrected chi connectivity index (χ4v) is 1.53. The van der Waals surface area contributed by atoms with E-state index < -0.39 is 17.6 Å². The van der Waals surface area contributed by atoms with Crippen LogP contribution in [0.2, 0.25) is 0 Å². The van der Waals surface area contributed by atoms with E-state index in [1.54, 1.807) is 13.0 Å². The lowest BCUT2D eigenvalue weighted by Gasteiger charge is -2.09. The Morgan fingerprint density at radius 3 is 2.62 bits per heavy atom. The van der Waals surface area contributed by atoms with Gasteiger partial charge in [0, 0.05) is 18.8 Å². The SMILES string of the molecule is Cc1ccc(NC(=O)C(=O)NCCCOC(C)C)cc1F. The minimum atomic E-state index is -0.817. The highest BCUT2D eigenvalue weighted by molar-refractivity contribution is 6.39. The molecule has 1 rings (SSSR count). The number of anilines is 1. The Bertz CT molecular complexity index is 504. The van der Waals surface area contributed by atoms with Gasteiger partial charge in [0.1, 0.15) is 5.82 Å². The lowest BCUT2D eigenvalue weighted by molar-refractivity contribution is -0.136. The molecule has 21 heavy (non-hydrogen) atoms. The van der Waals surface area contributed by atoms with Gasteiger partial charge in [-0.2, -0.15) is 0 Å². The molecule has 2 amide bonds. The number of carbonyl (C=O) groups is 2. The van der Waals surface area contributed by atoms with Gasteiger partial charge in [-0.05, 0) is 44.9 Å². The largest absolute Gasteiger partial charge is 0.379 e. The smallest absolute Gasteiger partial charge is 0.313 e. The molecule has 0 saturated heterocycles. The average Bonchev–Trinajstić information content (AvgIpc) is 2.42. The molecule has 0 radical (unpaired) electrons. The molecule has 2 N–H and O–H groups in total. The molecule has 1 aromatic carbocycles. The van der Waals surface area contributed by atoms with E-state index in [9.17, 15) is 14.0 Å². The summed E-state index contributed by atoms with van der Waals surface area (Å²) in [5, 5.41) is 4.82. The quantitative estimate of drug-likeness (QED) is 0.623. The molecule has 0 atom stereocenters. The van der Waals surface area contributed by atoms with Crippen molar-refractivity contribution in [2.45, 2.75) is 33.3 Å². The number of carbonyl (C=O) groups excluding carboxylic acids is 2. The first-order valence-corrected chi connectivity index (χ1v) is 6.87. The van der Waals surface area contributed by atoms with Crippen LogP contribution in [0.25, 0.3) is 0 Å². The number of rotatable bonds is 6. The molecular weight excluding hydrogens is 275 g/mol. The third-order valence-corrected chi connectivity index (χ3v) is 2.69. The topological polar surface area (TPSA) is 67.4 Å². The van der Waals surface area contributed by atoms with Crippen LogP contribution in [0.1, 0.15) is 25.8 Å². The zero-order valence-corrected chi connectivity index (χ0v) is 12.5. The van der Waals surface area contributed by atoms with E-state index in [1.807, 2.05) is 13.8 Å². The Balaban J connectivity index is 2.34. The van der Waals surface area contributed by atoms with Gasteiger partial charge in [-0.1, -0.05) is 6.07 Å². The van der Waals surface area contributed by atoms with Crippen molar-refractivity contribution in [2.24, 2.45) is 0 Å². The van der Waals surface area contributed by atoms with Gasteiger partial charge in [-0.3, -0.25) is 9.59 Å². The number of aryl methyl sites for hydroxylation is 1. The second-order valence-corrected chi connectivity index (χ2v) is 4.95. The summed E-state index contributed by atoms with van der Waals surface area (Å²) in [5.74, 6) is -2.00. The summed E-state index contributed by atoms with van der Waals surface area (Å²) in [6.45, 7) is 6.33. The van der Waals surface area contributed by atoms with Crippen LogP contribution >= 0.6 is 0 Å². The Hall–Kier alpha value is -1.95. The van der Waals surface area contributed by atoms with Crippen molar-refractivity contribution in [3.63, 3.8) is 0 Å². The summed E-state index contributed by atoms with van der Waals surface area (Å²) in [6.07, 6.45) is 0.761. The van der Waals surface area contributed by atoms with Crippen LogP contribution in [0, 0.1) is 12.7 Å². The van der Waals surface area contributed by atoms with Crippen molar-refractivity contribution < 1.29 is 18.7 Å². The molecule has 0 heterocycles. The molecule has 0 aromatic heterocycles. The Morgan fingerprint density at radius 2 is 2.00 bits per heavy atom. The van der Waals surface area contributed by atoms with Crippen LogP contribution in [0.5, 0.6) is 0 Å². The highest BCUT2D eigenvalue weighted by Crippen LogP contribution is 2.13. The number of halogens is 1. The molecule has 0 saturated carbocycles. The molecule has 0 aliphatic heterocycles. The van der Waals surface area contributed by atoms with Crippen LogP contribution in [0.15, 0.2) is 18.2 Å². The van der Waals surface area contributed by atoms with E-state index in [-0.39, 0.29) is 11.8 Å². The monoisotopic (exact) mass is 296 g/mol. The van der Waals surface area contributed by atoms with Gasteiger partial charge in [-0.15, -0.1) is 0 Å². The van der Waals surface area contributed by atoms with Crippen molar-refractivity contribution in [1.82, 2.24) is 5.32 Å². The first-order chi connectivity index (χ1) is 9.90. The normalized spacial score (nSPS) is 10.5. The van der Waals surface area contributed by atoms with Crippen LogP contribution in [-0.2, 0) is 14.3 Å². The van der Waals surface area contributed by atoms with Gasteiger partial charge < -0.3 is 15.4 Å². The molecule has 116 valence electrons. The molecule has 0 aliphatic rings. The molecule has 0 aliphatic carbocycles. The maximum atomic E-state index is 13.3. The molecule has 5 nitrogen and oxygen atoms in total. The van der Waals surface area contributed by atoms with Gasteiger partial charge in [0.2, 0.25) is 0 Å². The Morgan fingerprint density at radius 1 is 1.29 bits per heavy atom. The fourth-order valence-electron chi connectivity index (χ4n) is 1.53. The van der Waals surface area contributed by atoms with E-state index in [4.69, 9.17) is 4.74 Å². The zero-order chi connectivity index (χ0) is 15.8. The van der Waals surface area contributed by atoms with Gasteiger partial charge >= 0.3 is 11.8 Å². The average molecular weight is 296 g/mol. The lowest BCUT2D eigenvalue weighted by Crippen LogP contribution is -2.36. The van der Waals surface area contributed by atoms with Gasteiger partial charge in [0.15, 0.2) is 0 Å². The lowest BCUT2D eigenvalue weighted by atomic mass is 10.2. The molecule has 6 heteroatoms. The predicted molar refractivity (Wildman–Crippen MR) is 78.5 cm³/mol. The van der Waals surface area contributed by atoms with Crippen molar-refractivity contribution in [1.29, 1.82) is 0 Å². The summed E-state index contributed by atoms with van der Waals surface area (Å²) in [7, 11) is 0. The Kier molecular flexibility index (Phi) is 6.81. The first kappa shape index (κ1) is 17.1. The number of benzene rings is 1. The molecule has 1 aromatic rings. The highest BCUT2D eigenvalue weighted by Gasteiger charge is 2.13. The maximum absolute atomic E-state index is 13.3. The van der Waals surface area contributed by atoms with Crippen molar-refractivity contribution in [2.75, 3.05) is 18.5 Å². The van der Waals surface area contributed by atoms with Crippen LogP contribution in [0.4, 0.5) is 10.1 Å². The van der Waals surface area contributed by atoms with Gasteiger partial charge in [0.05, 0.1) is 6.10 Å². The fraction of sp³-hybridized carbons (Fsp3) is 0.467. The van der Waals surface area contributed by atoms with E-state index in [1.165, 1.54) is 12.1 Å². The van der Waals surface area contributed by atoms with E-state index in [2.05, 4.69) is 10.6 Å². The van der Waals surface area contributed by atoms with Crippen molar-refractivity contribution in [3.05, 3.63) is 29.6 Å². The van der Waals surface area contributed by atoms with Crippen molar-refractivity contribution in [3.8, 4) is 0 Å². The summed E-state index contributed by atoms with van der Waals surface area (Å²) < 4.78 is 18.6. The number of nitrogens with one attached hydrogen (secondary N) is 2. The standard InChI is InChI=1S/C15H21FN2O3/c1-10(2)21-8-4-7-17-14(19)15(20)18-12-6-5-11(3)13(16)9-12/h5-6,9-10H,4,7-8H2,1-3H3,(H,17,19)(H,18,20). The summed E-state index contributed by atoms with van der Waals surface area (Å²) >= 11 is 0. The number of amides is 2. The van der Waals surface area contributed by atoms with Crippen molar-refractivity contribution >= 4 is 17.5 Å². The van der Waals surface area contributed by atoms with Crippen LogP contribution in [0.3, 0.4) is 0 Å². The summed E-state index contributed by atoms with van der Waals surface area (Å²) in [4.78, 5) is 23.1. The maximum Gasteiger partial charge on any atom is 0.313 e.